The van der Waals surface area contributed by atoms with Gasteiger partial charge in [-0.2, -0.15) is 5.26 Å². The van der Waals surface area contributed by atoms with E-state index in [9.17, 15) is 13.2 Å². The predicted molar refractivity (Wildman–Crippen MR) is 33.8 cm³/mol. The lowest BCUT2D eigenvalue weighted by molar-refractivity contribution is 0.439. The van der Waals surface area contributed by atoms with Crippen LogP contribution in [0.1, 0.15) is 5.69 Å². The molecule has 0 spiro atoms. The summed E-state index contributed by atoms with van der Waals surface area (Å²) >= 11 is 5.03. The highest BCUT2D eigenvalue weighted by molar-refractivity contribution is 6.29. The van der Waals surface area contributed by atoms with Crippen molar-refractivity contribution in [1.82, 2.24) is 4.98 Å². The van der Waals surface area contributed by atoms with Crippen LogP contribution in [0.2, 0.25) is 5.15 Å². The van der Waals surface area contributed by atoms with Crippen molar-refractivity contribution in [2.45, 2.75) is 0 Å². The number of hydrogen-bond acceptors (Lipinski definition) is 2. The fourth-order valence-electron chi connectivity index (χ4n) is 0.561. The van der Waals surface area contributed by atoms with Crippen molar-refractivity contribution >= 4 is 11.6 Å². The van der Waals surface area contributed by atoms with Crippen LogP contribution in [0.15, 0.2) is 0 Å². The van der Waals surface area contributed by atoms with Crippen molar-refractivity contribution in [3.8, 4) is 6.07 Å². The summed E-state index contributed by atoms with van der Waals surface area (Å²) in [6, 6.07) is 1.23. The Hall–Kier alpha value is -1.28. The highest BCUT2D eigenvalue weighted by Gasteiger charge is 2.18. The molecule has 0 unspecified atom stereocenters. The van der Waals surface area contributed by atoms with Crippen LogP contribution < -0.4 is 0 Å². The smallest absolute Gasteiger partial charge is 0.200 e. The molecule has 0 bridgehead atoms. The lowest BCUT2D eigenvalue weighted by atomic mass is 10.3. The minimum absolute atomic E-state index is 0.856. The molecule has 0 saturated carbocycles. The molecule has 0 aromatic carbocycles. The molecule has 1 heterocycles. The molecule has 0 atom stereocenters. The third kappa shape index (κ3) is 1.21. The summed E-state index contributed by atoms with van der Waals surface area (Å²) in [6.07, 6.45) is 0. The minimum Gasteiger partial charge on any atom is -0.219 e. The Morgan fingerprint density at radius 3 is 2.25 bits per heavy atom. The van der Waals surface area contributed by atoms with E-state index in [0.29, 0.717) is 0 Å². The number of nitrogens with zero attached hydrogens (tertiary/aromatic N) is 2. The maximum atomic E-state index is 12.5. The first-order valence-corrected chi connectivity index (χ1v) is 3.05. The van der Waals surface area contributed by atoms with Crippen LogP contribution >= 0.6 is 11.6 Å². The Kier molecular flexibility index (Phi) is 2.20. The Balaban J connectivity index is 3.52. The highest BCUT2D eigenvalue weighted by atomic mass is 35.5. The second kappa shape index (κ2) is 2.99. The maximum absolute atomic E-state index is 12.5. The molecule has 0 fully saturated rings. The summed E-state index contributed by atoms with van der Waals surface area (Å²) in [6.45, 7) is 0. The van der Waals surface area contributed by atoms with Gasteiger partial charge >= 0.3 is 0 Å². The molecular formula is C6ClF3N2. The summed E-state index contributed by atoms with van der Waals surface area (Å²) in [7, 11) is 0. The molecule has 1 aromatic heterocycles. The second-order valence-electron chi connectivity index (χ2n) is 1.80. The topological polar surface area (TPSA) is 36.7 Å². The Bertz CT molecular complexity index is 372. The van der Waals surface area contributed by atoms with Crippen LogP contribution in [0, 0.1) is 28.8 Å². The first kappa shape index (κ1) is 8.81. The SMILES string of the molecule is N#Cc1nc(Cl)c(F)c(F)c1F. The summed E-state index contributed by atoms with van der Waals surface area (Å²) in [4.78, 5) is 2.97. The number of pyridine rings is 1. The number of aromatic nitrogens is 1. The Morgan fingerprint density at radius 2 is 1.75 bits per heavy atom. The first-order valence-electron chi connectivity index (χ1n) is 2.68. The zero-order valence-corrected chi connectivity index (χ0v) is 6.16. The number of hydrogen-bond donors (Lipinski definition) is 0. The second-order valence-corrected chi connectivity index (χ2v) is 2.16. The molecule has 0 saturated heterocycles. The van der Waals surface area contributed by atoms with Crippen LogP contribution in [0.5, 0.6) is 0 Å². The first-order chi connectivity index (χ1) is 5.57. The number of nitriles is 1. The molecule has 0 aliphatic carbocycles. The van der Waals surface area contributed by atoms with Crippen molar-refractivity contribution < 1.29 is 13.2 Å². The zero-order chi connectivity index (χ0) is 9.30. The molecule has 2 nitrogen and oxygen atoms in total. The molecule has 1 aromatic rings. The lowest BCUT2D eigenvalue weighted by Gasteiger charge is -1.97. The van der Waals surface area contributed by atoms with Gasteiger partial charge in [-0.05, 0) is 0 Å². The van der Waals surface area contributed by atoms with Gasteiger partial charge < -0.3 is 0 Å². The monoisotopic (exact) mass is 192 g/mol. The molecule has 12 heavy (non-hydrogen) atoms. The van der Waals surface area contributed by atoms with Crippen LogP contribution in [0.3, 0.4) is 0 Å². The third-order valence-electron chi connectivity index (χ3n) is 1.09. The number of rotatable bonds is 0. The van der Waals surface area contributed by atoms with E-state index >= 15 is 0 Å². The van der Waals surface area contributed by atoms with E-state index in [1.165, 1.54) is 6.07 Å². The maximum Gasteiger partial charge on any atom is 0.200 e. The Labute approximate surface area is 70.2 Å². The van der Waals surface area contributed by atoms with Gasteiger partial charge in [0.1, 0.15) is 6.07 Å². The van der Waals surface area contributed by atoms with Gasteiger partial charge in [-0.25, -0.2) is 18.2 Å². The van der Waals surface area contributed by atoms with E-state index < -0.39 is 28.3 Å². The summed E-state index contributed by atoms with van der Waals surface area (Å²) < 4.78 is 37.3. The van der Waals surface area contributed by atoms with Crippen LogP contribution in [-0.4, -0.2) is 4.98 Å². The summed E-state index contributed by atoms with van der Waals surface area (Å²) in [5.74, 6) is -5.00. The summed E-state index contributed by atoms with van der Waals surface area (Å²) in [5.41, 5.74) is -0.862. The van der Waals surface area contributed by atoms with Crippen LogP contribution in [0.25, 0.3) is 0 Å². The van der Waals surface area contributed by atoms with Gasteiger partial charge in [-0.1, -0.05) is 11.6 Å². The van der Waals surface area contributed by atoms with E-state index in [0.717, 1.165) is 0 Å². The fraction of sp³-hybridized carbons (Fsp3) is 0. The molecule has 0 aliphatic heterocycles. The van der Waals surface area contributed by atoms with Crippen molar-refractivity contribution in [1.29, 1.82) is 5.26 Å². The van der Waals surface area contributed by atoms with Crippen molar-refractivity contribution in [2.24, 2.45) is 0 Å². The summed E-state index contributed by atoms with van der Waals surface area (Å²) in [5, 5.41) is 7.30. The van der Waals surface area contributed by atoms with Gasteiger partial charge in [0.05, 0.1) is 0 Å². The van der Waals surface area contributed by atoms with E-state index in [1.54, 1.807) is 0 Å². The van der Waals surface area contributed by atoms with Gasteiger partial charge in [0, 0.05) is 0 Å². The largest absolute Gasteiger partial charge is 0.219 e. The molecule has 0 radical (unpaired) electrons. The van der Waals surface area contributed by atoms with Gasteiger partial charge in [0.15, 0.2) is 22.5 Å². The van der Waals surface area contributed by atoms with E-state index in [2.05, 4.69) is 4.98 Å². The molecule has 62 valence electrons. The average Bonchev–Trinajstić information content (AvgIpc) is 2.08. The number of halogens is 4. The standard InChI is InChI=1S/C6ClF3N2/c7-6-5(10)4(9)3(8)2(1-11)12-6. The van der Waals surface area contributed by atoms with Gasteiger partial charge in [-0.15, -0.1) is 0 Å². The molecule has 0 N–H and O–H groups in total. The highest BCUT2D eigenvalue weighted by Crippen LogP contribution is 2.19. The minimum atomic E-state index is -1.79. The molecule has 0 aliphatic rings. The van der Waals surface area contributed by atoms with Crippen molar-refractivity contribution in [3.63, 3.8) is 0 Å². The predicted octanol–water partition coefficient (Wildman–Crippen LogP) is 2.02. The van der Waals surface area contributed by atoms with Crippen LogP contribution in [-0.2, 0) is 0 Å². The average molecular weight is 193 g/mol. The van der Waals surface area contributed by atoms with Gasteiger partial charge in [-0.3, -0.25) is 0 Å². The molecule has 6 heteroatoms. The molecular weight excluding hydrogens is 193 g/mol. The normalized spacial score (nSPS) is 9.58. The zero-order valence-electron chi connectivity index (χ0n) is 5.41. The van der Waals surface area contributed by atoms with Crippen LogP contribution in [0.4, 0.5) is 13.2 Å². The molecule has 0 amide bonds. The van der Waals surface area contributed by atoms with E-state index in [1.807, 2.05) is 0 Å². The molecule has 1 rings (SSSR count). The fourth-order valence-corrected chi connectivity index (χ4v) is 0.729. The Morgan fingerprint density at radius 1 is 1.17 bits per heavy atom. The van der Waals surface area contributed by atoms with E-state index in [-0.39, 0.29) is 0 Å². The lowest BCUT2D eigenvalue weighted by Crippen LogP contribution is -1.99. The van der Waals surface area contributed by atoms with Gasteiger partial charge in [0.25, 0.3) is 0 Å². The third-order valence-corrected chi connectivity index (χ3v) is 1.34. The quantitative estimate of drug-likeness (QED) is 0.590. The van der Waals surface area contributed by atoms with Gasteiger partial charge in [0.2, 0.25) is 5.82 Å². The van der Waals surface area contributed by atoms with Crippen molar-refractivity contribution in [3.05, 3.63) is 28.3 Å². The van der Waals surface area contributed by atoms with Crippen molar-refractivity contribution in [2.75, 3.05) is 0 Å². The van der Waals surface area contributed by atoms with E-state index in [4.69, 9.17) is 16.9 Å².